The molecule has 0 aromatic rings. The van der Waals surface area contributed by atoms with Crippen molar-refractivity contribution in [2.45, 2.75) is 25.8 Å². The molecule has 0 spiro atoms. The van der Waals surface area contributed by atoms with Crippen LogP contribution >= 0.6 is 0 Å². The van der Waals surface area contributed by atoms with Crippen molar-refractivity contribution in [3.8, 4) is 0 Å². The summed E-state index contributed by atoms with van der Waals surface area (Å²) in [5.41, 5.74) is 0. The molecule has 0 amide bonds. The van der Waals surface area contributed by atoms with Crippen LogP contribution in [-0.4, -0.2) is 12.8 Å². The van der Waals surface area contributed by atoms with Crippen LogP contribution in [0.1, 0.15) is 19.8 Å². The lowest BCUT2D eigenvalue weighted by Gasteiger charge is -1.81. The third kappa shape index (κ3) is 0.817. The molecule has 1 aliphatic rings. The molecule has 0 bridgehead atoms. The third-order valence-corrected chi connectivity index (χ3v) is 1.64. The van der Waals surface area contributed by atoms with Crippen molar-refractivity contribution in [1.29, 1.82) is 0 Å². The molecule has 1 fully saturated rings. The van der Waals surface area contributed by atoms with Crippen LogP contribution in [0.15, 0.2) is 4.99 Å². The fourth-order valence-corrected chi connectivity index (χ4v) is 0.894. The average Bonchev–Trinajstić information content (AvgIpc) is 2.43. The van der Waals surface area contributed by atoms with Gasteiger partial charge in [0.1, 0.15) is 0 Å². The molecule has 0 aliphatic heterocycles. The van der Waals surface area contributed by atoms with Gasteiger partial charge in [0.2, 0.25) is 0 Å². The third-order valence-electron chi connectivity index (χ3n) is 1.64. The van der Waals surface area contributed by atoms with E-state index in [1.54, 1.807) is 0 Å². The summed E-state index contributed by atoms with van der Waals surface area (Å²) < 4.78 is 0. The molecule has 1 nitrogen and oxygen atoms in total. The zero-order valence-electron chi connectivity index (χ0n) is 4.72. The molecule has 40 valence electrons. The molecule has 7 heavy (non-hydrogen) atoms. The van der Waals surface area contributed by atoms with Gasteiger partial charge in [-0.15, -0.1) is 0 Å². The van der Waals surface area contributed by atoms with E-state index >= 15 is 0 Å². The number of rotatable bonds is 2. The first kappa shape index (κ1) is 4.82. The van der Waals surface area contributed by atoms with Crippen LogP contribution in [0.5, 0.6) is 0 Å². The van der Waals surface area contributed by atoms with Crippen LogP contribution in [-0.2, 0) is 0 Å². The highest BCUT2D eigenvalue weighted by Gasteiger charge is 2.33. The average molecular weight is 97.2 g/mol. The van der Waals surface area contributed by atoms with Crippen molar-refractivity contribution >= 4 is 6.72 Å². The fraction of sp³-hybridized carbons (Fsp3) is 0.833. The van der Waals surface area contributed by atoms with Crippen LogP contribution in [0.3, 0.4) is 0 Å². The molecule has 0 aromatic carbocycles. The minimum absolute atomic E-state index is 0.630. The monoisotopic (exact) mass is 97.1 g/mol. The summed E-state index contributed by atoms with van der Waals surface area (Å²) in [7, 11) is 0. The van der Waals surface area contributed by atoms with Crippen molar-refractivity contribution < 1.29 is 0 Å². The van der Waals surface area contributed by atoms with Crippen molar-refractivity contribution in [2.75, 3.05) is 0 Å². The largest absolute Gasteiger partial charge is 0.297 e. The predicted octanol–water partition coefficient (Wildman–Crippen LogP) is 1.49. The van der Waals surface area contributed by atoms with Crippen LogP contribution in [0.4, 0.5) is 0 Å². The molecule has 2 unspecified atom stereocenters. The highest BCUT2D eigenvalue weighted by atomic mass is 14.8. The van der Waals surface area contributed by atoms with Crippen LogP contribution in [0.25, 0.3) is 0 Å². The summed E-state index contributed by atoms with van der Waals surface area (Å²) in [5, 5.41) is 0. The van der Waals surface area contributed by atoms with Gasteiger partial charge in [0.25, 0.3) is 0 Å². The maximum atomic E-state index is 3.90. The van der Waals surface area contributed by atoms with Gasteiger partial charge in [-0.1, -0.05) is 13.3 Å². The number of nitrogens with zero attached hydrogens (tertiary/aromatic N) is 1. The SMILES string of the molecule is C=NC1CC1CC. The second kappa shape index (κ2) is 1.65. The Morgan fingerprint density at radius 3 is 2.71 bits per heavy atom. The lowest BCUT2D eigenvalue weighted by molar-refractivity contribution is 0.762. The van der Waals surface area contributed by atoms with E-state index in [2.05, 4.69) is 18.6 Å². The summed E-state index contributed by atoms with van der Waals surface area (Å²) in [5.74, 6) is 0.887. The zero-order chi connectivity index (χ0) is 5.28. The van der Waals surface area contributed by atoms with Crippen molar-refractivity contribution in [1.82, 2.24) is 0 Å². The summed E-state index contributed by atoms with van der Waals surface area (Å²) >= 11 is 0. The molecule has 0 aromatic heterocycles. The highest BCUT2D eigenvalue weighted by molar-refractivity contribution is 5.26. The molecule has 0 N–H and O–H groups in total. The van der Waals surface area contributed by atoms with E-state index in [1.165, 1.54) is 12.8 Å². The smallest absolute Gasteiger partial charge is 0.0524 e. The van der Waals surface area contributed by atoms with Gasteiger partial charge in [0, 0.05) is 0 Å². The molecule has 1 heteroatoms. The summed E-state index contributed by atoms with van der Waals surface area (Å²) in [6, 6.07) is 0.630. The molecule has 1 saturated carbocycles. The lowest BCUT2D eigenvalue weighted by Crippen LogP contribution is -1.77. The van der Waals surface area contributed by atoms with Gasteiger partial charge < -0.3 is 0 Å². The molecule has 0 heterocycles. The van der Waals surface area contributed by atoms with Gasteiger partial charge in [-0.25, -0.2) is 0 Å². The van der Waals surface area contributed by atoms with Gasteiger partial charge in [-0.05, 0) is 19.1 Å². The van der Waals surface area contributed by atoms with Crippen molar-refractivity contribution in [3.05, 3.63) is 0 Å². The lowest BCUT2D eigenvalue weighted by atomic mass is 10.3. The molecule has 1 aliphatic carbocycles. The van der Waals surface area contributed by atoms with Crippen LogP contribution in [0.2, 0.25) is 0 Å². The second-order valence-corrected chi connectivity index (χ2v) is 2.15. The molecule has 2 atom stereocenters. The topological polar surface area (TPSA) is 12.4 Å². The molecular formula is C6H11N. The number of aliphatic imine (C=N–C) groups is 1. The highest BCUT2D eigenvalue weighted by Crippen LogP contribution is 2.35. The van der Waals surface area contributed by atoms with Crippen molar-refractivity contribution in [2.24, 2.45) is 10.9 Å². The Labute approximate surface area is 44.5 Å². The Bertz CT molecular complexity index is 78.2. The van der Waals surface area contributed by atoms with Gasteiger partial charge >= 0.3 is 0 Å². The Morgan fingerprint density at radius 2 is 2.57 bits per heavy atom. The predicted molar refractivity (Wildman–Crippen MR) is 31.7 cm³/mol. The second-order valence-electron chi connectivity index (χ2n) is 2.15. The molecule has 0 radical (unpaired) electrons. The van der Waals surface area contributed by atoms with Gasteiger partial charge in [0.15, 0.2) is 0 Å². The summed E-state index contributed by atoms with van der Waals surface area (Å²) in [4.78, 5) is 3.90. The van der Waals surface area contributed by atoms with E-state index in [0.717, 1.165) is 5.92 Å². The first-order valence-corrected chi connectivity index (χ1v) is 2.84. The first-order chi connectivity index (χ1) is 3.38. The Kier molecular flexibility index (Phi) is 1.13. The molecular weight excluding hydrogens is 86.1 g/mol. The van der Waals surface area contributed by atoms with Crippen molar-refractivity contribution in [3.63, 3.8) is 0 Å². The van der Waals surface area contributed by atoms with E-state index in [1.807, 2.05) is 0 Å². The first-order valence-electron chi connectivity index (χ1n) is 2.84. The van der Waals surface area contributed by atoms with Gasteiger partial charge in [-0.2, -0.15) is 0 Å². The zero-order valence-corrected chi connectivity index (χ0v) is 4.72. The van der Waals surface area contributed by atoms with Gasteiger partial charge in [0.05, 0.1) is 6.04 Å². The summed E-state index contributed by atoms with van der Waals surface area (Å²) in [6.45, 7) is 5.68. The minimum atomic E-state index is 0.630. The maximum absolute atomic E-state index is 3.90. The number of hydrogen-bond acceptors (Lipinski definition) is 1. The van der Waals surface area contributed by atoms with E-state index in [4.69, 9.17) is 0 Å². The van der Waals surface area contributed by atoms with E-state index in [0.29, 0.717) is 6.04 Å². The fourth-order valence-electron chi connectivity index (χ4n) is 0.894. The van der Waals surface area contributed by atoms with E-state index < -0.39 is 0 Å². The van der Waals surface area contributed by atoms with Crippen LogP contribution < -0.4 is 0 Å². The minimum Gasteiger partial charge on any atom is -0.297 e. The normalized spacial score (nSPS) is 37.9. The standard InChI is InChI=1S/C6H11N/c1-3-5-4-6(5)7-2/h5-6H,2-4H2,1H3. The van der Waals surface area contributed by atoms with Crippen LogP contribution in [0, 0.1) is 5.92 Å². The Morgan fingerprint density at radius 1 is 1.86 bits per heavy atom. The Balaban J connectivity index is 2.17. The Hall–Kier alpha value is -0.330. The van der Waals surface area contributed by atoms with E-state index in [-0.39, 0.29) is 0 Å². The van der Waals surface area contributed by atoms with E-state index in [9.17, 15) is 0 Å². The van der Waals surface area contributed by atoms with Gasteiger partial charge in [-0.3, -0.25) is 4.99 Å². The maximum Gasteiger partial charge on any atom is 0.0524 e. The number of hydrogen-bond donors (Lipinski definition) is 0. The molecule has 1 rings (SSSR count). The summed E-state index contributed by atoms with van der Waals surface area (Å²) in [6.07, 6.45) is 2.57. The molecule has 0 saturated heterocycles. The quantitative estimate of drug-likeness (QED) is 0.463.